The van der Waals surface area contributed by atoms with E-state index in [0.29, 0.717) is 37.6 Å². The summed E-state index contributed by atoms with van der Waals surface area (Å²) in [5, 5.41) is 7.40. The number of benzene rings is 1. The van der Waals surface area contributed by atoms with Crippen LogP contribution in [0.3, 0.4) is 0 Å². The molecule has 2 fully saturated rings. The first-order valence-corrected chi connectivity index (χ1v) is 10.1. The molecule has 3 heterocycles. The summed E-state index contributed by atoms with van der Waals surface area (Å²) in [4.78, 5) is 18.8. The smallest absolute Gasteiger partial charge is 0.369 e. The fourth-order valence-electron chi connectivity index (χ4n) is 4.24. The number of alkyl halides is 3. The average Bonchev–Trinajstić information content (AvgIpc) is 3.19. The molecule has 2 aromatic rings. The van der Waals surface area contributed by atoms with Crippen molar-refractivity contribution in [2.45, 2.75) is 32.0 Å². The van der Waals surface area contributed by atoms with Gasteiger partial charge in [0.15, 0.2) is 5.69 Å². The quantitative estimate of drug-likeness (QED) is 0.757. The Morgan fingerprint density at radius 1 is 1.13 bits per heavy atom. The Bertz CT molecular complexity index is 893. The summed E-state index contributed by atoms with van der Waals surface area (Å²) < 4.78 is 43.6. The number of anilines is 1. The number of amides is 1. The molecule has 0 bridgehead atoms. The molecule has 4 rings (SSSR count). The van der Waals surface area contributed by atoms with Crippen LogP contribution in [0.25, 0.3) is 0 Å². The Labute approximate surface area is 172 Å². The van der Waals surface area contributed by atoms with Gasteiger partial charge in [-0.2, -0.15) is 13.2 Å². The Morgan fingerprint density at radius 3 is 2.57 bits per heavy atom. The lowest BCUT2D eigenvalue weighted by atomic mass is 10.0. The number of aryl methyl sites for hydroxylation is 1. The van der Waals surface area contributed by atoms with Gasteiger partial charge in [0.2, 0.25) is 0 Å². The maximum absolute atomic E-state index is 13.0. The van der Waals surface area contributed by atoms with Crippen molar-refractivity contribution in [2.75, 3.05) is 44.2 Å². The van der Waals surface area contributed by atoms with Crippen molar-refractivity contribution in [3.05, 3.63) is 41.2 Å². The second-order valence-electron chi connectivity index (χ2n) is 7.82. The van der Waals surface area contributed by atoms with Crippen molar-refractivity contribution in [1.29, 1.82) is 0 Å². The number of aromatic nitrogens is 2. The van der Waals surface area contributed by atoms with Gasteiger partial charge >= 0.3 is 6.18 Å². The van der Waals surface area contributed by atoms with Gasteiger partial charge < -0.3 is 9.80 Å². The van der Waals surface area contributed by atoms with E-state index in [1.165, 1.54) is 12.1 Å². The first kappa shape index (κ1) is 20.6. The number of carbonyl (C=O) groups excluding carboxylic acids is 1. The van der Waals surface area contributed by atoms with Gasteiger partial charge in [0, 0.05) is 51.0 Å². The molecule has 10 heteroatoms. The predicted octanol–water partition coefficient (Wildman–Crippen LogP) is 2.82. The van der Waals surface area contributed by atoms with Crippen molar-refractivity contribution in [3.63, 3.8) is 0 Å². The zero-order valence-electron chi connectivity index (χ0n) is 16.7. The number of nitrogens with zero attached hydrogens (tertiary/aromatic N) is 5. The molecule has 0 saturated carbocycles. The average molecular weight is 423 g/mol. The predicted molar refractivity (Wildman–Crippen MR) is 103 cm³/mol. The first-order chi connectivity index (χ1) is 14.3. The largest absolute Gasteiger partial charge is 0.416 e. The van der Waals surface area contributed by atoms with Gasteiger partial charge in [0.05, 0.1) is 5.56 Å². The third-order valence-electron chi connectivity index (χ3n) is 5.91. The minimum absolute atomic E-state index is 0.166. The number of hydrogen-bond donors (Lipinski definition) is 0. The summed E-state index contributed by atoms with van der Waals surface area (Å²) in [6.45, 7) is 5.76. The van der Waals surface area contributed by atoms with Gasteiger partial charge in [-0.25, -0.2) is 4.63 Å². The van der Waals surface area contributed by atoms with Gasteiger partial charge in [-0.1, -0.05) is 11.2 Å². The molecule has 1 aromatic heterocycles. The molecule has 1 amide bonds. The molecule has 0 spiro atoms. The van der Waals surface area contributed by atoms with Crippen LogP contribution in [0.4, 0.5) is 18.9 Å². The van der Waals surface area contributed by atoms with Gasteiger partial charge in [-0.15, -0.1) is 0 Å². The number of piperidine rings is 1. The zero-order valence-corrected chi connectivity index (χ0v) is 16.7. The van der Waals surface area contributed by atoms with E-state index in [1.54, 1.807) is 17.9 Å². The molecule has 0 aliphatic carbocycles. The Balaban J connectivity index is 1.36. The highest BCUT2D eigenvalue weighted by molar-refractivity contribution is 5.93. The van der Waals surface area contributed by atoms with Gasteiger partial charge in [-0.3, -0.25) is 9.69 Å². The normalized spacial score (nSPS) is 21.1. The fraction of sp³-hybridized carbons (Fsp3) is 0.550. The molecule has 1 aromatic carbocycles. The number of carbonyl (C=O) groups is 1. The van der Waals surface area contributed by atoms with E-state index in [9.17, 15) is 18.0 Å². The number of halogens is 3. The Morgan fingerprint density at radius 2 is 1.90 bits per heavy atom. The van der Waals surface area contributed by atoms with E-state index in [0.717, 1.165) is 32.0 Å². The number of rotatable bonds is 3. The molecule has 1 atom stereocenters. The van der Waals surface area contributed by atoms with E-state index >= 15 is 0 Å². The van der Waals surface area contributed by atoms with Crippen LogP contribution in [-0.2, 0) is 6.18 Å². The highest BCUT2D eigenvalue weighted by Gasteiger charge is 2.33. The maximum Gasteiger partial charge on any atom is 0.416 e. The van der Waals surface area contributed by atoms with E-state index in [2.05, 4.69) is 19.8 Å². The fourth-order valence-corrected chi connectivity index (χ4v) is 4.24. The molecule has 0 N–H and O–H groups in total. The van der Waals surface area contributed by atoms with E-state index in [-0.39, 0.29) is 17.6 Å². The van der Waals surface area contributed by atoms with Gasteiger partial charge in [0.1, 0.15) is 5.69 Å². The van der Waals surface area contributed by atoms with Crippen LogP contribution in [0, 0.1) is 6.92 Å². The number of hydrogen-bond acceptors (Lipinski definition) is 6. The monoisotopic (exact) mass is 423 g/mol. The molecule has 30 heavy (non-hydrogen) atoms. The van der Waals surface area contributed by atoms with Crippen molar-refractivity contribution >= 4 is 11.6 Å². The summed E-state index contributed by atoms with van der Waals surface area (Å²) in [7, 11) is 0. The van der Waals surface area contributed by atoms with Crippen LogP contribution in [0.2, 0.25) is 0 Å². The summed E-state index contributed by atoms with van der Waals surface area (Å²) >= 11 is 0. The molecular formula is C20H24F3N5O2. The van der Waals surface area contributed by atoms with Gasteiger partial charge in [0.25, 0.3) is 5.91 Å². The van der Waals surface area contributed by atoms with Crippen molar-refractivity contribution in [1.82, 2.24) is 20.1 Å². The Kier molecular flexibility index (Phi) is 5.68. The number of likely N-dealkylation sites (tertiary alicyclic amines) is 1. The number of piperazine rings is 1. The summed E-state index contributed by atoms with van der Waals surface area (Å²) in [5.74, 6) is -0.166. The van der Waals surface area contributed by atoms with Gasteiger partial charge in [-0.05, 0) is 43.1 Å². The van der Waals surface area contributed by atoms with Crippen LogP contribution >= 0.6 is 0 Å². The molecule has 162 valence electrons. The van der Waals surface area contributed by atoms with E-state index < -0.39 is 11.7 Å². The molecular weight excluding hydrogens is 399 g/mol. The summed E-state index contributed by atoms with van der Waals surface area (Å²) in [6.07, 6.45) is -2.45. The molecule has 7 nitrogen and oxygen atoms in total. The molecule has 2 aliphatic heterocycles. The maximum atomic E-state index is 13.0. The van der Waals surface area contributed by atoms with Crippen molar-refractivity contribution < 1.29 is 22.6 Å². The lowest BCUT2D eigenvalue weighted by Crippen LogP contribution is -2.56. The van der Waals surface area contributed by atoms with Crippen molar-refractivity contribution in [2.24, 2.45) is 0 Å². The van der Waals surface area contributed by atoms with Crippen LogP contribution < -0.4 is 4.90 Å². The van der Waals surface area contributed by atoms with Crippen LogP contribution in [0.1, 0.15) is 34.6 Å². The molecule has 2 saturated heterocycles. The minimum atomic E-state index is -4.34. The first-order valence-electron chi connectivity index (χ1n) is 10.1. The third kappa shape index (κ3) is 4.28. The lowest BCUT2D eigenvalue weighted by molar-refractivity contribution is -0.137. The van der Waals surface area contributed by atoms with E-state index in [1.807, 2.05) is 4.90 Å². The summed E-state index contributed by atoms with van der Waals surface area (Å²) in [5.41, 5.74) is 0.710. The highest BCUT2D eigenvalue weighted by atomic mass is 19.4. The third-order valence-corrected chi connectivity index (χ3v) is 5.91. The minimum Gasteiger partial charge on any atom is -0.369 e. The van der Waals surface area contributed by atoms with Crippen molar-refractivity contribution in [3.8, 4) is 0 Å². The van der Waals surface area contributed by atoms with E-state index in [4.69, 9.17) is 0 Å². The molecule has 2 aliphatic rings. The molecule has 0 unspecified atom stereocenters. The van der Waals surface area contributed by atoms with Crippen LogP contribution in [0.5, 0.6) is 0 Å². The Hall–Kier alpha value is -2.62. The second kappa shape index (κ2) is 8.25. The van der Waals surface area contributed by atoms with Crippen LogP contribution in [0.15, 0.2) is 28.9 Å². The van der Waals surface area contributed by atoms with Crippen LogP contribution in [-0.4, -0.2) is 71.3 Å². The lowest BCUT2D eigenvalue weighted by Gasteiger charge is -2.43. The standard InChI is InChI=1S/C20H24F3N5O2/c1-14-18(25-30-24-14)19(29)28-7-3-6-17(13-28)27-10-8-26(9-11-27)16-5-2-4-15(12-16)20(21,22)23/h2,4-5,12,17H,3,6-11,13H2,1H3/t17-/m1/s1. The zero-order chi connectivity index (χ0) is 21.3. The second-order valence-corrected chi connectivity index (χ2v) is 7.82. The summed E-state index contributed by atoms with van der Waals surface area (Å²) in [6, 6.07) is 5.71. The molecule has 0 radical (unpaired) electrons. The SMILES string of the molecule is Cc1nonc1C(=O)N1CCC[C@@H](N2CCN(c3cccc(C(F)(F)F)c3)CC2)C1. The topological polar surface area (TPSA) is 65.7 Å². The highest BCUT2D eigenvalue weighted by Crippen LogP contribution is 2.32.